The quantitative estimate of drug-likeness (QED) is 0.664. The van der Waals surface area contributed by atoms with Crippen LogP contribution in [-0.2, 0) is 9.59 Å². The van der Waals surface area contributed by atoms with Gasteiger partial charge in [-0.05, 0) is 42.3 Å². The Morgan fingerprint density at radius 3 is 2.50 bits per heavy atom. The molecule has 26 heavy (non-hydrogen) atoms. The Labute approximate surface area is 155 Å². The van der Waals surface area contributed by atoms with Gasteiger partial charge in [0.15, 0.2) is 0 Å². The first-order valence-corrected chi connectivity index (χ1v) is 8.11. The molecule has 2 aromatic rings. The molecule has 2 aromatic carbocycles. The number of carbonyl (C=O) groups excluding carboxylic acids is 3. The summed E-state index contributed by atoms with van der Waals surface area (Å²) >= 11 is 6.08. The second-order valence-corrected chi connectivity index (χ2v) is 6.05. The number of amides is 4. The van der Waals surface area contributed by atoms with Crippen LogP contribution in [0.2, 0.25) is 5.02 Å². The van der Waals surface area contributed by atoms with Crippen LogP contribution in [0, 0.1) is 6.92 Å². The maximum Gasteiger partial charge on any atom is 0.335 e. The average molecular weight is 371 g/mol. The number of hydrogen-bond donors (Lipinski definition) is 1. The summed E-state index contributed by atoms with van der Waals surface area (Å²) in [6.07, 6.45) is 1.39. The van der Waals surface area contributed by atoms with Crippen LogP contribution in [-0.4, -0.2) is 25.0 Å². The average Bonchev–Trinajstić information content (AvgIpc) is 2.60. The lowest BCUT2D eigenvalue weighted by atomic mass is 10.1. The highest BCUT2D eigenvalue weighted by Gasteiger charge is 2.37. The Morgan fingerprint density at radius 1 is 1.12 bits per heavy atom. The highest BCUT2D eigenvalue weighted by atomic mass is 35.5. The maximum atomic E-state index is 12.8. The van der Waals surface area contributed by atoms with Crippen molar-refractivity contribution in [1.82, 2.24) is 5.32 Å². The van der Waals surface area contributed by atoms with Gasteiger partial charge in [-0.25, -0.2) is 9.69 Å². The Bertz CT molecular complexity index is 952. The third-order valence-electron chi connectivity index (χ3n) is 3.94. The summed E-state index contributed by atoms with van der Waals surface area (Å²) in [6, 6.07) is 11.0. The van der Waals surface area contributed by atoms with Gasteiger partial charge in [-0.2, -0.15) is 0 Å². The molecular weight excluding hydrogens is 356 g/mol. The van der Waals surface area contributed by atoms with Crippen molar-refractivity contribution in [1.29, 1.82) is 0 Å². The van der Waals surface area contributed by atoms with E-state index in [0.29, 0.717) is 22.0 Å². The van der Waals surface area contributed by atoms with E-state index in [1.807, 2.05) is 0 Å². The van der Waals surface area contributed by atoms with E-state index in [4.69, 9.17) is 16.3 Å². The monoisotopic (exact) mass is 370 g/mol. The van der Waals surface area contributed by atoms with E-state index < -0.39 is 17.8 Å². The molecule has 6 nitrogen and oxygen atoms in total. The smallest absolute Gasteiger partial charge is 0.335 e. The van der Waals surface area contributed by atoms with Gasteiger partial charge in [0.2, 0.25) is 0 Å². The van der Waals surface area contributed by atoms with Crippen molar-refractivity contribution in [3.05, 3.63) is 64.2 Å². The zero-order valence-electron chi connectivity index (χ0n) is 14.1. The molecule has 4 amide bonds. The Kier molecular flexibility index (Phi) is 4.77. The van der Waals surface area contributed by atoms with Gasteiger partial charge < -0.3 is 4.74 Å². The fourth-order valence-corrected chi connectivity index (χ4v) is 2.90. The number of ether oxygens (including phenoxy) is 1. The van der Waals surface area contributed by atoms with E-state index in [9.17, 15) is 14.4 Å². The fourth-order valence-electron chi connectivity index (χ4n) is 2.63. The van der Waals surface area contributed by atoms with Crippen LogP contribution < -0.4 is 15.0 Å². The molecule has 1 aliphatic rings. The van der Waals surface area contributed by atoms with Crippen molar-refractivity contribution in [2.45, 2.75) is 6.92 Å². The molecule has 0 aliphatic carbocycles. The van der Waals surface area contributed by atoms with Gasteiger partial charge >= 0.3 is 6.03 Å². The lowest BCUT2D eigenvalue weighted by molar-refractivity contribution is -0.122. The molecule has 132 valence electrons. The van der Waals surface area contributed by atoms with Gasteiger partial charge in [-0.15, -0.1) is 0 Å². The van der Waals surface area contributed by atoms with Crippen molar-refractivity contribution < 1.29 is 19.1 Å². The first-order chi connectivity index (χ1) is 12.4. The molecule has 0 aromatic heterocycles. The van der Waals surface area contributed by atoms with Crippen molar-refractivity contribution in [3.63, 3.8) is 0 Å². The van der Waals surface area contributed by atoms with Gasteiger partial charge in [0.1, 0.15) is 11.3 Å². The van der Waals surface area contributed by atoms with Crippen LogP contribution in [0.15, 0.2) is 48.0 Å². The number of anilines is 1. The first kappa shape index (κ1) is 17.7. The third kappa shape index (κ3) is 3.19. The van der Waals surface area contributed by atoms with Crippen LogP contribution in [0.5, 0.6) is 5.75 Å². The second kappa shape index (κ2) is 7.01. The molecule has 0 bridgehead atoms. The molecule has 1 heterocycles. The van der Waals surface area contributed by atoms with E-state index in [2.05, 4.69) is 5.32 Å². The predicted molar refractivity (Wildman–Crippen MR) is 98.2 cm³/mol. The molecule has 0 spiro atoms. The topological polar surface area (TPSA) is 75.7 Å². The Balaban J connectivity index is 2.03. The van der Waals surface area contributed by atoms with Crippen LogP contribution in [0.25, 0.3) is 6.08 Å². The number of imide groups is 2. The molecule has 0 saturated carbocycles. The number of benzene rings is 2. The van der Waals surface area contributed by atoms with Gasteiger partial charge in [0.05, 0.1) is 17.8 Å². The number of para-hydroxylation sites is 1. The van der Waals surface area contributed by atoms with Gasteiger partial charge in [0, 0.05) is 0 Å². The van der Waals surface area contributed by atoms with Crippen LogP contribution in [0.4, 0.5) is 10.5 Å². The van der Waals surface area contributed by atoms with E-state index in [1.165, 1.54) is 13.2 Å². The highest BCUT2D eigenvalue weighted by Crippen LogP contribution is 2.28. The molecule has 1 aliphatic heterocycles. The van der Waals surface area contributed by atoms with Crippen LogP contribution in [0.3, 0.4) is 0 Å². The van der Waals surface area contributed by atoms with Crippen molar-refractivity contribution in [3.8, 4) is 5.75 Å². The number of urea groups is 1. The number of carbonyl (C=O) groups is 3. The number of halogens is 1. The van der Waals surface area contributed by atoms with Crippen LogP contribution >= 0.6 is 11.6 Å². The van der Waals surface area contributed by atoms with Crippen molar-refractivity contribution in [2.75, 3.05) is 12.0 Å². The molecule has 1 saturated heterocycles. The number of hydrogen-bond acceptors (Lipinski definition) is 4. The number of rotatable bonds is 3. The van der Waals surface area contributed by atoms with Crippen LogP contribution in [0.1, 0.15) is 11.1 Å². The zero-order chi connectivity index (χ0) is 18.8. The zero-order valence-corrected chi connectivity index (χ0v) is 14.8. The number of aryl methyl sites for hydroxylation is 1. The first-order valence-electron chi connectivity index (χ1n) is 7.73. The summed E-state index contributed by atoms with van der Waals surface area (Å²) in [5.41, 5.74) is 1.53. The van der Waals surface area contributed by atoms with Crippen molar-refractivity contribution in [2.24, 2.45) is 0 Å². The largest absolute Gasteiger partial charge is 0.495 e. The molecule has 7 heteroatoms. The summed E-state index contributed by atoms with van der Waals surface area (Å²) in [5.74, 6) is -0.971. The number of nitrogens with one attached hydrogen (secondary N) is 1. The minimum absolute atomic E-state index is 0.158. The molecule has 0 unspecified atom stereocenters. The van der Waals surface area contributed by atoms with E-state index >= 15 is 0 Å². The minimum atomic E-state index is -0.779. The standard InChI is InChI=1S/C19H15ClN2O4/c1-11-5-3-4-6-15(11)22-18(24)13(17(23)21-19(22)25)9-12-7-8-16(26-2)14(20)10-12/h3-10H,1-2H3,(H,21,23,25)/b13-9-. The summed E-state index contributed by atoms with van der Waals surface area (Å²) in [7, 11) is 1.49. The second-order valence-electron chi connectivity index (χ2n) is 5.64. The van der Waals surface area contributed by atoms with E-state index in [0.717, 1.165) is 10.5 Å². The molecule has 3 rings (SSSR count). The molecule has 0 radical (unpaired) electrons. The van der Waals surface area contributed by atoms with Gasteiger partial charge in [-0.3, -0.25) is 14.9 Å². The summed E-state index contributed by atoms with van der Waals surface area (Å²) in [4.78, 5) is 38.2. The third-order valence-corrected chi connectivity index (χ3v) is 4.24. The maximum absolute atomic E-state index is 12.8. The van der Waals surface area contributed by atoms with Gasteiger partial charge in [-0.1, -0.05) is 35.9 Å². The predicted octanol–water partition coefficient (Wildman–Crippen LogP) is 3.32. The van der Waals surface area contributed by atoms with Crippen molar-refractivity contribution >= 4 is 41.2 Å². The SMILES string of the molecule is COc1ccc(/C=C2/C(=O)NC(=O)N(c3ccccc3C)C2=O)cc1Cl. The number of methoxy groups -OCH3 is 1. The lowest BCUT2D eigenvalue weighted by Gasteiger charge is -2.27. The molecular formula is C19H15ClN2O4. The Hall–Kier alpha value is -3.12. The van der Waals surface area contributed by atoms with E-state index in [1.54, 1.807) is 49.4 Å². The molecule has 0 atom stereocenters. The summed E-state index contributed by atoms with van der Waals surface area (Å²) < 4.78 is 5.08. The molecule has 1 N–H and O–H groups in total. The highest BCUT2D eigenvalue weighted by molar-refractivity contribution is 6.39. The fraction of sp³-hybridized carbons (Fsp3) is 0.105. The summed E-state index contributed by atoms with van der Waals surface area (Å²) in [6.45, 7) is 1.78. The van der Waals surface area contributed by atoms with E-state index in [-0.39, 0.29) is 5.57 Å². The Morgan fingerprint density at radius 2 is 1.85 bits per heavy atom. The summed E-state index contributed by atoms with van der Waals surface area (Å²) in [5, 5.41) is 2.54. The molecule has 1 fully saturated rings. The number of nitrogens with zero attached hydrogens (tertiary/aromatic N) is 1. The van der Waals surface area contributed by atoms with Gasteiger partial charge in [0.25, 0.3) is 11.8 Å². The lowest BCUT2D eigenvalue weighted by Crippen LogP contribution is -2.54. The number of barbiturate groups is 1. The normalized spacial score (nSPS) is 16.0. The minimum Gasteiger partial charge on any atom is -0.495 e.